The standard InChI is InChI=1S/C26H46O3Si/c1-19(2)25(29-30(9,10)26(6,7)8)22(5)24(27)16-20(3)21(4)17-28-18-23-14-12-11-13-15-23/h11-15,19,21-22,24-25,27H,3,16-18H2,1-2,4-10H3/t21-,22+,24+,25+/m1/s1. The van der Waals surface area contributed by atoms with Crippen molar-refractivity contribution in [2.75, 3.05) is 6.61 Å². The summed E-state index contributed by atoms with van der Waals surface area (Å²) in [5.41, 5.74) is 2.21. The van der Waals surface area contributed by atoms with Crippen LogP contribution in [0.4, 0.5) is 0 Å². The van der Waals surface area contributed by atoms with Crippen LogP contribution >= 0.6 is 0 Å². The molecule has 1 rings (SSSR count). The molecule has 0 radical (unpaired) electrons. The second-order valence-electron chi connectivity index (χ2n) is 10.8. The monoisotopic (exact) mass is 434 g/mol. The summed E-state index contributed by atoms with van der Waals surface area (Å²) in [6.07, 6.45) is 0.158. The van der Waals surface area contributed by atoms with E-state index in [4.69, 9.17) is 9.16 Å². The minimum Gasteiger partial charge on any atom is -0.413 e. The molecule has 0 spiro atoms. The van der Waals surface area contributed by atoms with Gasteiger partial charge in [-0.15, -0.1) is 0 Å². The van der Waals surface area contributed by atoms with Gasteiger partial charge in [-0.3, -0.25) is 0 Å². The topological polar surface area (TPSA) is 38.7 Å². The van der Waals surface area contributed by atoms with Gasteiger partial charge in [-0.25, -0.2) is 0 Å². The van der Waals surface area contributed by atoms with Gasteiger partial charge in [0, 0.05) is 11.8 Å². The first kappa shape index (κ1) is 27.1. The van der Waals surface area contributed by atoms with Crippen molar-refractivity contribution in [1.82, 2.24) is 0 Å². The van der Waals surface area contributed by atoms with Gasteiger partial charge < -0.3 is 14.3 Å². The van der Waals surface area contributed by atoms with Crippen molar-refractivity contribution < 1.29 is 14.3 Å². The van der Waals surface area contributed by atoms with Crippen molar-refractivity contribution in [3.8, 4) is 0 Å². The number of benzene rings is 1. The molecule has 0 amide bonds. The normalized spacial score (nSPS) is 16.9. The van der Waals surface area contributed by atoms with Crippen LogP contribution in [0.25, 0.3) is 0 Å². The molecule has 0 aliphatic carbocycles. The van der Waals surface area contributed by atoms with E-state index in [0.717, 1.165) is 5.57 Å². The molecule has 0 saturated heterocycles. The van der Waals surface area contributed by atoms with Crippen molar-refractivity contribution >= 4 is 8.32 Å². The Hall–Kier alpha value is -0.943. The average Bonchev–Trinajstić information content (AvgIpc) is 2.65. The van der Waals surface area contributed by atoms with E-state index < -0.39 is 14.4 Å². The minimum atomic E-state index is -1.90. The zero-order valence-electron chi connectivity index (χ0n) is 20.9. The highest BCUT2D eigenvalue weighted by molar-refractivity contribution is 6.74. The Kier molecular flexibility index (Phi) is 10.5. The molecule has 30 heavy (non-hydrogen) atoms. The van der Waals surface area contributed by atoms with Gasteiger partial charge in [0.1, 0.15) is 0 Å². The Balaban J connectivity index is 2.62. The van der Waals surface area contributed by atoms with Gasteiger partial charge in [-0.05, 0) is 36.0 Å². The Morgan fingerprint density at radius 1 is 1.07 bits per heavy atom. The van der Waals surface area contributed by atoms with E-state index in [0.29, 0.717) is 25.6 Å². The molecule has 1 aromatic rings. The number of hydrogen-bond acceptors (Lipinski definition) is 3. The molecule has 3 nitrogen and oxygen atoms in total. The molecule has 0 saturated carbocycles. The Labute approximate surface area is 187 Å². The molecule has 1 aromatic carbocycles. The molecule has 1 N–H and O–H groups in total. The Morgan fingerprint density at radius 2 is 1.63 bits per heavy atom. The van der Waals surface area contributed by atoms with E-state index in [2.05, 4.69) is 80.3 Å². The van der Waals surface area contributed by atoms with Gasteiger partial charge in [0.15, 0.2) is 8.32 Å². The number of hydrogen-bond donors (Lipinski definition) is 1. The molecule has 0 unspecified atom stereocenters. The highest BCUT2D eigenvalue weighted by Crippen LogP contribution is 2.39. The number of ether oxygens (including phenoxy) is 1. The predicted octanol–water partition coefficient (Wildman–Crippen LogP) is 6.83. The van der Waals surface area contributed by atoms with Gasteiger partial charge in [0.2, 0.25) is 0 Å². The van der Waals surface area contributed by atoms with Crippen LogP contribution in [0.2, 0.25) is 18.1 Å². The van der Waals surface area contributed by atoms with Crippen LogP contribution in [0, 0.1) is 17.8 Å². The quantitative estimate of drug-likeness (QED) is 0.289. The molecule has 0 heterocycles. The lowest BCUT2D eigenvalue weighted by Crippen LogP contribution is -2.48. The van der Waals surface area contributed by atoms with Crippen LogP contribution in [0.3, 0.4) is 0 Å². The lowest BCUT2D eigenvalue weighted by Gasteiger charge is -2.43. The van der Waals surface area contributed by atoms with Gasteiger partial charge in [0.25, 0.3) is 0 Å². The fourth-order valence-electron chi connectivity index (χ4n) is 3.29. The van der Waals surface area contributed by atoms with Crippen LogP contribution in [-0.2, 0) is 15.8 Å². The smallest absolute Gasteiger partial charge is 0.192 e. The number of aliphatic hydroxyl groups excluding tert-OH is 1. The summed E-state index contributed by atoms with van der Waals surface area (Å²) >= 11 is 0. The second kappa shape index (κ2) is 11.6. The number of aliphatic hydroxyl groups is 1. The lowest BCUT2D eigenvalue weighted by atomic mass is 9.86. The summed E-state index contributed by atoms with van der Waals surface area (Å²) in [5.74, 6) is 0.603. The summed E-state index contributed by atoms with van der Waals surface area (Å²) < 4.78 is 12.6. The molecular formula is C26H46O3Si. The summed E-state index contributed by atoms with van der Waals surface area (Å²) in [7, 11) is -1.90. The number of rotatable bonds is 12. The molecule has 0 fully saturated rings. The van der Waals surface area contributed by atoms with E-state index in [1.165, 1.54) is 5.56 Å². The molecule has 0 aliphatic rings. The van der Waals surface area contributed by atoms with E-state index >= 15 is 0 Å². The maximum atomic E-state index is 11.0. The van der Waals surface area contributed by atoms with Crippen molar-refractivity contribution in [2.45, 2.75) is 91.8 Å². The highest BCUT2D eigenvalue weighted by atomic mass is 28.4. The van der Waals surface area contributed by atoms with E-state index in [1.807, 2.05) is 18.2 Å². The third kappa shape index (κ3) is 8.30. The Bertz CT molecular complexity index is 633. The van der Waals surface area contributed by atoms with E-state index in [9.17, 15) is 5.11 Å². The first-order valence-corrected chi connectivity index (χ1v) is 14.3. The molecule has 0 bridgehead atoms. The van der Waals surface area contributed by atoms with Crippen molar-refractivity contribution in [2.24, 2.45) is 17.8 Å². The first-order valence-electron chi connectivity index (χ1n) is 11.4. The maximum absolute atomic E-state index is 11.0. The maximum Gasteiger partial charge on any atom is 0.192 e. The lowest BCUT2D eigenvalue weighted by molar-refractivity contribution is 0.00402. The van der Waals surface area contributed by atoms with E-state index in [1.54, 1.807) is 0 Å². The fraction of sp³-hybridized carbons (Fsp3) is 0.692. The zero-order valence-corrected chi connectivity index (χ0v) is 21.9. The van der Waals surface area contributed by atoms with Crippen molar-refractivity contribution in [1.29, 1.82) is 0 Å². The summed E-state index contributed by atoms with van der Waals surface area (Å²) in [6, 6.07) is 10.2. The van der Waals surface area contributed by atoms with Crippen LogP contribution in [-0.4, -0.2) is 32.2 Å². The summed E-state index contributed by atoms with van der Waals surface area (Å²) in [4.78, 5) is 0. The van der Waals surface area contributed by atoms with Crippen LogP contribution < -0.4 is 0 Å². The van der Waals surface area contributed by atoms with Crippen LogP contribution in [0.5, 0.6) is 0 Å². The molecule has 4 heteroatoms. The van der Waals surface area contributed by atoms with Gasteiger partial charge in [-0.1, -0.05) is 91.0 Å². The summed E-state index contributed by atoms with van der Waals surface area (Å²) in [5, 5.41) is 11.1. The minimum absolute atomic E-state index is 0.0401. The van der Waals surface area contributed by atoms with Gasteiger partial charge in [-0.2, -0.15) is 0 Å². The Morgan fingerprint density at radius 3 is 2.13 bits per heavy atom. The van der Waals surface area contributed by atoms with Gasteiger partial charge in [0.05, 0.1) is 25.4 Å². The van der Waals surface area contributed by atoms with Crippen molar-refractivity contribution in [3.63, 3.8) is 0 Å². The molecule has 0 aromatic heterocycles. The van der Waals surface area contributed by atoms with Gasteiger partial charge >= 0.3 is 0 Å². The average molecular weight is 435 g/mol. The van der Waals surface area contributed by atoms with Crippen LogP contribution in [0.1, 0.15) is 60.5 Å². The first-order chi connectivity index (χ1) is 13.8. The van der Waals surface area contributed by atoms with E-state index in [-0.39, 0.29) is 23.0 Å². The third-order valence-electron chi connectivity index (χ3n) is 6.67. The third-order valence-corrected chi connectivity index (χ3v) is 11.1. The van der Waals surface area contributed by atoms with Crippen LogP contribution in [0.15, 0.2) is 42.5 Å². The molecular weight excluding hydrogens is 388 g/mol. The second-order valence-corrected chi connectivity index (χ2v) is 15.5. The molecule has 4 atom stereocenters. The molecule has 172 valence electrons. The SMILES string of the molecule is C=C(C[C@H](O)[C@H](C)[C@@H](O[Si](C)(C)C(C)(C)C)C(C)C)[C@H](C)COCc1ccccc1. The predicted molar refractivity (Wildman–Crippen MR) is 131 cm³/mol. The molecule has 0 aliphatic heterocycles. The van der Waals surface area contributed by atoms with Crippen molar-refractivity contribution in [3.05, 3.63) is 48.0 Å². The largest absolute Gasteiger partial charge is 0.413 e. The fourth-order valence-corrected chi connectivity index (χ4v) is 4.81. The highest BCUT2D eigenvalue weighted by Gasteiger charge is 2.41. The zero-order chi connectivity index (χ0) is 23.1. The summed E-state index contributed by atoms with van der Waals surface area (Å²) in [6.45, 7) is 25.4.